The molecular weight excluding hydrogens is 361 g/mol. The number of phenols is 1. The van der Waals surface area contributed by atoms with Gasteiger partial charge in [-0.1, -0.05) is 12.1 Å². The van der Waals surface area contributed by atoms with Gasteiger partial charge in [0.25, 0.3) is 0 Å². The monoisotopic (exact) mass is 383 g/mol. The largest absolute Gasteiger partial charge is 0.508 e. The summed E-state index contributed by atoms with van der Waals surface area (Å²) in [5, 5.41) is 9.50. The van der Waals surface area contributed by atoms with E-state index in [0.717, 1.165) is 49.4 Å². The minimum atomic E-state index is -1.02. The van der Waals surface area contributed by atoms with Gasteiger partial charge >= 0.3 is 0 Å². The Hall–Kier alpha value is -1.43. The molecule has 0 aliphatic carbocycles. The predicted octanol–water partition coefficient (Wildman–Crippen LogP) is 3.77. The molecule has 1 aliphatic rings. The van der Waals surface area contributed by atoms with Crippen LogP contribution in [0.2, 0.25) is 0 Å². The van der Waals surface area contributed by atoms with Gasteiger partial charge < -0.3 is 10.0 Å². The van der Waals surface area contributed by atoms with Gasteiger partial charge in [0.2, 0.25) is 0 Å². The van der Waals surface area contributed by atoms with Crippen LogP contribution >= 0.6 is 12.4 Å². The molecule has 0 aromatic heterocycles. The van der Waals surface area contributed by atoms with Crippen molar-refractivity contribution >= 4 is 23.2 Å². The second-order valence-corrected chi connectivity index (χ2v) is 7.94. The third-order valence-corrected chi connectivity index (χ3v) is 6.35. The van der Waals surface area contributed by atoms with Crippen LogP contribution in [0.5, 0.6) is 5.75 Å². The minimum absolute atomic E-state index is 0. The molecule has 3 rings (SSSR count). The first kappa shape index (κ1) is 19.9. The Kier molecular flexibility index (Phi) is 7.41. The molecular formula is C19H23ClFNO2S. The highest BCUT2D eigenvalue weighted by Crippen LogP contribution is 2.22. The standard InChI is InChI=1S/C19H22FNO2S.ClH/c20-16-3-1-15(2-4-16)9-12-21-13-10-19(11-14-21)24(23)18-7-5-17(22)6-8-18;/h1-8,19,22H,9-14H2;1H. The first-order valence-corrected chi connectivity index (χ1v) is 9.49. The number of piperidine rings is 1. The highest BCUT2D eigenvalue weighted by Gasteiger charge is 2.24. The average Bonchev–Trinajstić information content (AvgIpc) is 2.62. The van der Waals surface area contributed by atoms with Crippen molar-refractivity contribution in [3.8, 4) is 5.75 Å². The highest BCUT2D eigenvalue weighted by atomic mass is 35.5. The van der Waals surface area contributed by atoms with E-state index in [1.807, 2.05) is 12.1 Å². The normalized spacial score (nSPS) is 17.0. The predicted molar refractivity (Wildman–Crippen MR) is 101 cm³/mol. The lowest BCUT2D eigenvalue weighted by Gasteiger charge is -2.31. The molecule has 6 heteroatoms. The van der Waals surface area contributed by atoms with Crippen molar-refractivity contribution in [2.45, 2.75) is 29.4 Å². The quantitative estimate of drug-likeness (QED) is 0.854. The summed E-state index contributed by atoms with van der Waals surface area (Å²) in [5.41, 5.74) is 1.14. The van der Waals surface area contributed by atoms with Crippen LogP contribution in [0.15, 0.2) is 53.4 Å². The van der Waals surface area contributed by atoms with E-state index in [-0.39, 0.29) is 29.2 Å². The maximum atomic E-state index is 12.9. The Balaban J connectivity index is 0.00000225. The lowest BCUT2D eigenvalue weighted by Crippen LogP contribution is -2.38. The number of aromatic hydroxyl groups is 1. The Morgan fingerprint density at radius 3 is 2.24 bits per heavy atom. The summed E-state index contributed by atoms with van der Waals surface area (Å²) in [7, 11) is -1.02. The molecule has 136 valence electrons. The van der Waals surface area contributed by atoms with Crippen molar-refractivity contribution in [3.05, 3.63) is 59.9 Å². The van der Waals surface area contributed by atoms with Crippen LogP contribution in [0, 0.1) is 5.82 Å². The highest BCUT2D eigenvalue weighted by molar-refractivity contribution is 7.85. The number of likely N-dealkylation sites (tertiary alicyclic amines) is 1. The molecule has 1 heterocycles. The van der Waals surface area contributed by atoms with E-state index >= 15 is 0 Å². The van der Waals surface area contributed by atoms with Gasteiger partial charge in [-0.25, -0.2) is 4.39 Å². The van der Waals surface area contributed by atoms with E-state index in [2.05, 4.69) is 4.90 Å². The van der Waals surface area contributed by atoms with E-state index in [1.165, 1.54) is 12.1 Å². The molecule has 1 atom stereocenters. The van der Waals surface area contributed by atoms with Gasteiger partial charge in [-0.3, -0.25) is 4.21 Å². The van der Waals surface area contributed by atoms with Gasteiger partial charge in [-0.05, 0) is 74.3 Å². The van der Waals surface area contributed by atoms with E-state index in [0.29, 0.717) is 0 Å². The smallest absolute Gasteiger partial charge is 0.123 e. The molecule has 3 nitrogen and oxygen atoms in total. The fraction of sp³-hybridized carbons (Fsp3) is 0.368. The van der Waals surface area contributed by atoms with E-state index < -0.39 is 10.8 Å². The molecule has 1 fully saturated rings. The van der Waals surface area contributed by atoms with Crippen LogP contribution < -0.4 is 0 Å². The summed E-state index contributed by atoms with van der Waals surface area (Å²) in [5.74, 6) is 0.00244. The number of phenolic OH excluding ortho intramolecular Hbond substituents is 1. The molecule has 1 saturated heterocycles. The summed E-state index contributed by atoms with van der Waals surface area (Å²) >= 11 is 0. The molecule has 0 bridgehead atoms. The first-order valence-electron chi connectivity index (χ1n) is 8.28. The number of nitrogens with zero attached hydrogens (tertiary/aromatic N) is 1. The maximum Gasteiger partial charge on any atom is 0.123 e. The zero-order chi connectivity index (χ0) is 16.9. The molecule has 25 heavy (non-hydrogen) atoms. The average molecular weight is 384 g/mol. The molecule has 2 aromatic rings. The van der Waals surface area contributed by atoms with Gasteiger partial charge in [0.15, 0.2) is 0 Å². The Morgan fingerprint density at radius 1 is 1.04 bits per heavy atom. The third kappa shape index (κ3) is 5.53. The summed E-state index contributed by atoms with van der Waals surface area (Å²) in [6.07, 6.45) is 2.74. The van der Waals surface area contributed by atoms with Crippen LogP contribution in [0.25, 0.3) is 0 Å². The van der Waals surface area contributed by atoms with Crippen LogP contribution in [0.1, 0.15) is 18.4 Å². The van der Waals surface area contributed by atoms with Crippen LogP contribution in [-0.2, 0) is 17.2 Å². The zero-order valence-electron chi connectivity index (χ0n) is 13.9. The van der Waals surface area contributed by atoms with Crippen molar-refractivity contribution in [2.24, 2.45) is 0 Å². The summed E-state index contributed by atoms with van der Waals surface area (Å²) in [6.45, 7) is 2.83. The van der Waals surface area contributed by atoms with Gasteiger partial charge in [0.05, 0.1) is 10.8 Å². The van der Waals surface area contributed by atoms with Gasteiger partial charge in [0, 0.05) is 16.7 Å². The fourth-order valence-electron chi connectivity index (χ4n) is 3.06. The van der Waals surface area contributed by atoms with Crippen molar-refractivity contribution in [3.63, 3.8) is 0 Å². The second-order valence-electron chi connectivity index (χ2n) is 6.21. The minimum Gasteiger partial charge on any atom is -0.508 e. The van der Waals surface area contributed by atoms with Crippen molar-refractivity contribution in [1.29, 1.82) is 0 Å². The third-order valence-electron chi connectivity index (χ3n) is 4.54. The maximum absolute atomic E-state index is 12.9. The molecule has 1 N–H and O–H groups in total. The number of rotatable bonds is 5. The fourth-order valence-corrected chi connectivity index (χ4v) is 4.49. The van der Waals surface area contributed by atoms with Crippen LogP contribution in [-0.4, -0.2) is 39.1 Å². The van der Waals surface area contributed by atoms with Crippen molar-refractivity contribution in [2.75, 3.05) is 19.6 Å². The summed E-state index contributed by atoms with van der Waals surface area (Å²) in [4.78, 5) is 3.17. The molecule has 0 radical (unpaired) electrons. The number of halogens is 2. The van der Waals surface area contributed by atoms with Gasteiger partial charge in [0.1, 0.15) is 11.6 Å². The molecule has 0 amide bonds. The van der Waals surface area contributed by atoms with Crippen LogP contribution in [0.3, 0.4) is 0 Å². The van der Waals surface area contributed by atoms with Crippen molar-refractivity contribution < 1.29 is 13.7 Å². The van der Waals surface area contributed by atoms with E-state index in [1.54, 1.807) is 24.3 Å². The summed E-state index contributed by atoms with van der Waals surface area (Å²) in [6, 6.07) is 13.3. The SMILES string of the molecule is Cl.O=S(c1ccc(O)cc1)C1CCN(CCc2ccc(F)cc2)CC1. The number of hydrogen-bond donors (Lipinski definition) is 1. The lowest BCUT2D eigenvalue weighted by molar-refractivity contribution is 0.234. The van der Waals surface area contributed by atoms with E-state index in [4.69, 9.17) is 0 Å². The Morgan fingerprint density at radius 2 is 1.64 bits per heavy atom. The van der Waals surface area contributed by atoms with Crippen molar-refractivity contribution in [1.82, 2.24) is 4.90 Å². The number of hydrogen-bond acceptors (Lipinski definition) is 3. The van der Waals surface area contributed by atoms with Gasteiger partial charge in [-0.2, -0.15) is 0 Å². The molecule has 1 unspecified atom stereocenters. The summed E-state index contributed by atoms with van der Waals surface area (Å²) < 4.78 is 25.5. The molecule has 2 aromatic carbocycles. The molecule has 0 saturated carbocycles. The first-order chi connectivity index (χ1) is 11.6. The van der Waals surface area contributed by atoms with E-state index in [9.17, 15) is 13.7 Å². The topological polar surface area (TPSA) is 40.5 Å². The lowest BCUT2D eigenvalue weighted by atomic mass is 10.1. The number of benzene rings is 2. The molecule has 1 aliphatic heterocycles. The second kappa shape index (κ2) is 9.32. The Labute approximate surface area is 156 Å². The zero-order valence-corrected chi connectivity index (χ0v) is 15.6. The Bertz CT molecular complexity index is 686. The molecule has 0 spiro atoms. The van der Waals surface area contributed by atoms with Crippen LogP contribution in [0.4, 0.5) is 4.39 Å². The van der Waals surface area contributed by atoms with Gasteiger partial charge in [-0.15, -0.1) is 12.4 Å².